The number of carbonyl (C=O) groups is 1. The maximum absolute atomic E-state index is 14.2. The van der Waals surface area contributed by atoms with E-state index in [2.05, 4.69) is 0 Å². The van der Waals surface area contributed by atoms with Crippen LogP contribution in [0.15, 0.2) is 48.7 Å². The van der Waals surface area contributed by atoms with Gasteiger partial charge in [0, 0.05) is 38.2 Å². The normalized spacial score (nSPS) is 10.9. The van der Waals surface area contributed by atoms with E-state index in [1.165, 1.54) is 11.0 Å². The Kier molecular flexibility index (Phi) is 3.45. The standard InChI is InChI=1S/C18H17FN2O/c1-20(2)18(22)15-6-4-13(11-16(15)19)12-5-7-17-14(10-12)8-9-21(17)3/h4-11H,1-3H3. The second-order valence-corrected chi connectivity index (χ2v) is 5.59. The number of fused-ring (bicyclic) bond motifs is 1. The third kappa shape index (κ3) is 2.37. The molecule has 0 fully saturated rings. The van der Waals surface area contributed by atoms with Gasteiger partial charge in [-0.15, -0.1) is 0 Å². The van der Waals surface area contributed by atoms with Crippen molar-refractivity contribution in [3.05, 3.63) is 60.0 Å². The molecule has 0 saturated heterocycles. The van der Waals surface area contributed by atoms with Crippen molar-refractivity contribution in [3.8, 4) is 11.1 Å². The Labute approximate surface area is 128 Å². The van der Waals surface area contributed by atoms with Gasteiger partial charge in [-0.1, -0.05) is 12.1 Å². The fourth-order valence-electron chi connectivity index (χ4n) is 2.57. The smallest absolute Gasteiger partial charge is 0.256 e. The van der Waals surface area contributed by atoms with Crippen LogP contribution in [0.25, 0.3) is 22.0 Å². The first-order valence-corrected chi connectivity index (χ1v) is 7.04. The summed E-state index contributed by atoms with van der Waals surface area (Å²) in [6.45, 7) is 0. The monoisotopic (exact) mass is 296 g/mol. The van der Waals surface area contributed by atoms with Crippen molar-refractivity contribution >= 4 is 16.8 Å². The van der Waals surface area contributed by atoms with Crippen molar-refractivity contribution in [1.29, 1.82) is 0 Å². The van der Waals surface area contributed by atoms with E-state index in [0.717, 1.165) is 22.0 Å². The zero-order chi connectivity index (χ0) is 15.9. The first kappa shape index (κ1) is 14.3. The van der Waals surface area contributed by atoms with E-state index in [4.69, 9.17) is 0 Å². The number of benzene rings is 2. The van der Waals surface area contributed by atoms with Crippen LogP contribution in [0, 0.1) is 5.82 Å². The molecule has 4 heteroatoms. The maximum Gasteiger partial charge on any atom is 0.256 e. The SMILES string of the molecule is CN(C)C(=O)c1ccc(-c2ccc3c(ccn3C)c2)cc1F. The highest BCUT2D eigenvalue weighted by Crippen LogP contribution is 2.26. The molecule has 3 rings (SSSR count). The van der Waals surface area contributed by atoms with E-state index in [1.807, 2.05) is 42.1 Å². The molecule has 0 aliphatic rings. The number of rotatable bonds is 2. The number of aryl methyl sites for hydroxylation is 1. The molecule has 0 N–H and O–H groups in total. The molecule has 3 aromatic rings. The predicted octanol–water partition coefficient (Wildman–Crippen LogP) is 3.69. The molecule has 0 aliphatic heterocycles. The molecular formula is C18H17FN2O. The summed E-state index contributed by atoms with van der Waals surface area (Å²) in [5, 5.41) is 1.11. The molecule has 0 radical (unpaired) electrons. The molecule has 112 valence electrons. The summed E-state index contributed by atoms with van der Waals surface area (Å²) < 4.78 is 16.3. The first-order chi connectivity index (χ1) is 10.5. The Balaban J connectivity index is 2.03. The number of hydrogen-bond acceptors (Lipinski definition) is 1. The minimum absolute atomic E-state index is 0.0922. The second-order valence-electron chi connectivity index (χ2n) is 5.59. The third-order valence-electron chi connectivity index (χ3n) is 3.82. The van der Waals surface area contributed by atoms with Gasteiger partial charge in [-0.05, 0) is 41.5 Å². The van der Waals surface area contributed by atoms with Gasteiger partial charge in [0.1, 0.15) is 5.82 Å². The average Bonchev–Trinajstić information content (AvgIpc) is 2.87. The van der Waals surface area contributed by atoms with Crippen LogP contribution in [0.3, 0.4) is 0 Å². The summed E-state index contributed by atoms with van der Waals surface area (Å²) in [5.74, 6) is -0.827. The van der Waals surface area contributed by atoms with Crippen molar-refractivity contribution in [2.75, 3.05) is 14.1 Å². The van der Waals surface area contributed by atoms with Crippen molar-refractivity contribution in [3.63, 3.8) is 0 Å². The maximum atomic E-state index is 14.2. The lowest BCUT2D eigenvalue weighted by atomic mass is 10.0. The Morgan fingerprint density at radius 1 is 1.05 bits per heavy atom. The van der Waals surface area contributed by atoms with Crippen LogP contribution in [0.5, 0.6) is 0 Å². The van der Waals surface area contributed by atoms with Crippen molar-refractivity contribution in [2.45, 2.75) is 0 Å². The third-order valence-corrected chi connectivity index (χ3v) is 3.82. The van der Waals surface area contributed by atoms with E-state index in [-0.39, 0.29) is 11.5 Å². The zero-order valence-corrected chi connectivity index (χ0v) is 12.8. The Morgan fingerprint density at radius 2 is 1.73 bits per heavy atom. The number of carbonyl (C=O) groups excluding carboxylic acids is 1. The van der Waals surface area contributed by atoms with E-state index in [0.29, 0.717) is 0 Å². The molecule has 2 aromatic carbocycles. The molecule has 0 atom stereocenters. The van der Waals surface area contributed by atoms with Crippen LogP contribution < -0.4 is 0 Å². The summed E-state index contributed by atoms with van der Waals surface area (Å²) in [4.78, 5) is 13.2. The molecule has 22 heavy (non-hydrogen) atoms. The van der Waals surface area contributed by atoms with Gasteiger partial charge >= 0.3 is 0 Å². The number of hydrogen-bond donors (Lipinski definition) is 0. The van der Waals surface area contributed by atoms with Gasteiger partial charge in [0.25, 0.3) is 5.91 Å². The first-order valence-electron chi connectivity index (χ1n) is 7.04. The fraction of sp³-hybridized carbons (Fsp3) is 0.167. The Bertz CT molecular complexity index is 865. The minimum atomic E-state index is -0.496. The molecule has 0 saturated carbocycles. The lowest BCUT2D eigenvalue weighted by molar-refractivity contribution is 0.0823. The Hall–Kier alpha value is -2.62. The van der Waals surface area contributed by atoms with E-state index < -0.39 is 5.82 Å². The lowest BCUT2D eigenvalue weighted by Gasteiger charge is -2.12. The quantitative estimate of drug-likeness (QED) is 0.708. The number of halogens is 1. The lowest BCUT2D eigenvalue weighted by Crippen LogP contribution is -2.22. The van der Waals surface area contributed by atoms with Crippen LogP contribution in [-0.2, 0) is 7.05 Å². The topological polar surface area (TPSA) is 25.2 Å². The van der Waals surface area contributed by atoms with Crippen LogP contribution in [-0.4, -0.2) is 29.5 Å². The summed E-state index contributed by atoms with van der Waals surface area (Å²) in [6.07, 6.45) is 1.99. The van der Waals surface area contributed by atoms with Gasteiger partial charge in [0.15, 0.2) is 0 Å². The molecule has 0 bridgehead atoms. The van der Waals surface area contributed by atoms with Gasteiger partial charge in [-0.3, -0.25) is 4.79 Å². The Morgan fingerprint density at radius 3 is 2.41 bits per heavy atom. The van der Waals surface area contributed by atoms with Gasteiger partial charge < -0.3 is 9.47 Å². The average molecular weight is 296 g/mol. The van der Waals surface area contributed by atoms with E-state index in [9.17, 15) is 9.18 Å². The number of amides is 1. The van der Waals surface area contributed by atoms with E-state index in [1.54, 1.807) is 26.2 Å². The largest absolute Gasteiger partial charge is 0.351 e. The van der Waals surface area contributed by atoms with Crippen molar-refractivity contribution in [2.24, 2.45) is 7.05 Å². The van der Waals surface area contributed by atoms with Crippen molar-refractivity contribution < 1.29 is 9.18 Å². The highest BCUT2D eigenvalue weighted by molar-refractivity contribution is 5.95. The number of aromatic nitrogens is 1. The summed E-state index contributed by atoms with van der Waals surface area (Å²) in [7, 11) is 5.21. The fourth-order valence-corrected chi connectivity index (χ4v) is 2.57. The molecular weight excluding hydrogens is 279 g/mol. The van der Waals surface area contributed by atoms with Crippen LogP contribution >= 0.6 is 0 Å². The predicted molar refractivity (Wildman–Crippen MR) is 86.3 cm³/mol. The zero-order valence-electron chi connectivity index (χ0n) is 12.8. The molecule has 3 nitrogen and oxygen atoms in total. The molecule has 1 amide bonds. The minimum Gasteiger partial charge on any atom is -0.351 e. The van der Waals surface area contributed by atoms with Crippen LogP contribution in [0.4, 0.5) is 4.39 Å². The number of nitrogens with zero attached hydrogens (tertiary/aromatic N) is 2. The van der Waals surface area contributed by atoms with Gasteiger partial charge in [0.2, 0.25) is 0 Å². The highest BCUT2D eigenvalue weighted by atomic mass is 19.1. The van der Waals surface area contributed by atoms with Crippen LogP contribution in [0.2, 0.25) is 0 Å². The van der Waals surface area contributed by atoms with Gasteiger partial charge in [-0.25, -0.2) is 4.39 Å². The molecule has 1 aromatic heterocycles. The summed E-state index contributed by atoms with van der Waals surface area (Å²) >= 11 is 0. The summed E-state index contributed by atoms with van der Waals surface area (Å²) in [5.41, 5.74) is 2.91. The van der Waals surface area contributed by atoms with E-state index >= 15 is 0 Å². The summed E-state index contributed by atoms with van der Waals surface area (Å²) in [6, 6.07) is 12.8. The van der Waals surface area contributed by atoms with Crippen LogP contribution in [0.1, 0.15) is 10.4 Å². The van der Waals surface area contributed by atoms with Gasteiger partial charge in [0.05, 0.1) is 5.56 Å². The molecule has 0 unspecified atom stereocenters. The highest BCUT2D eigenvalue weighted by Gasteiger charge is 2.14. The molecule has 1 heterocycles. The molecule has 0 aliphatic carbocycles. The van der Waals surface area contributed by atoms with Gasteiger partial charge in [-0.2, -0.15) is 0 Å². The molecule has 0 spiro atoms. The van der Waals surface area contributed by atoms with Crippen molar-refractivity contribution in [1.82, 2.24) is 9.47 Å². The second kappa shape index (κ2) is 5.30.